The number of alkyl halides is 1. The second-order valence-corrected chi connectivity index (χ2v) is 8.60. The summed E-state index contributed by atoms with van der Waals surface area (Å²) in [5.41, 5.74) is 1.30. The van der Waals surface area contributed by atoms with Crippen molar-refractivity contribution in [3.8, 4) is 0 Å². The van der Waals surface area contributed by atoms with Crippen molar-refractivity contribution >= 4 is 23.2 Å². The smallest absolute Gasteiger partial charge is 0.0695 e. The van der Waals surface area contributed by atoms with Crippen LogP contribution in [0.2, 0.25) is 0 Å². The fraction of sp³-hybridized carbons (Fsp3) is 0.800. The van der Waals surface area contributed by atoms with Crippen LogP contribution in [0.25, 0.3) is 0 Å². The fourth-order valence-corrected chi connectivity index (χ4v) is 4.64. The third-order valence-electron chi connectivity index (χ3n) is 5.49. The number of halogens is 2. The summed E-state index contributed by atoms with van der Waals surface area (Å²) in [4.78, 5) is -0.166. The van der Waals surface area contributed by atoms with Gasteiger partial charge in [-0.1, -0.05) is 76.1 Å². The molecule has 0 radical (unpaired) electrons. The Balaban J connectivity index is 1.86. The van der Waals surface area contributed by atoms with E-state index in [2.05, 4.69) is 26.0 Å². The molecule has 3 unspecified atom stereocenters. The fourth-order valence-electron chi connectivity index (χ4n) is 4.01. The summed E-state index contributed by atoms with van der Waals surface area (Å²) in [7, 11) is 0. The molecule has 0 heterocycles. The Morgan fingerprint density at radius 2 is 1.86 bits per heavy atom. The standard InChI is InChI=1S/C20H32Cl2/c1-3-4-5-6-7-8-9-17-15-20(22,13-12-19(17)21)18-11-10-16(2)14-18/h12,15-16,18H,3-11,13-14H2,1-2H3. The Labute approximate surface area is 147 Å². The molecule has 0 aromatic heterocycles. The number of hydrogen-bond acceptors (Lipinski definition) is 0. The summed E-state index contributed by atoms with van der Waals surface area (Å²) in [6.07, 6.45) is 18.3. The van der Waals surface area contributed by atoms with Crippen LogP contribution in [-0.4, -0.2) is 4.87 Å². The van der Waals surface area contributed by atoms with Gasteiger partial charge in [0.1, 0.15) is 0 Å². The quantitative estimate of drug-likeness (QED) is 0.314. The highest BCUT2D eigenvalue weighted by Crippen LogP contribution is 2.47. The summed E-state index contributed by atoms with van der Waals surface area (Å²) in [6, 6.07) is 0. The summed E-state index contributed by atoms with van der Waals surface area (Å²) >= 11 is 13.5. The van der Waals surface area contributed by atoms with Gasteiger partial charge >= 0.3 is 0 Å². The van der Waals surface area contributed by atoms with E-state index in [1.54, 1.807) is 0 Å². The molecule has 0 nitrogen and oxygen atoms in total. The molecule has 1 fully saturated rings. The molecule has 2 aliphatic carbocycles. The van der Waals surface area contributed by atoms with Crippen molar-refractivity contribution in [1.29, 1.82) is 0 Å². The lowest BCUT2D eigenvalue weighted by molar-refractivity contribution is 0.418. The van der Waals surface area contributed by atoms with Crippen molar-refractivity contribution in [2.24, 2.45) is 11.8 Å². The number of hydrogen-bond donors (Lipinski definition) is 0. The number of unbranched alkanes of at least 4 members (excludes halogenated alkanes) is 5. The molecule has 0 aliphatic heterocycles. The second kappa shape index (κ2) is 8.78. The largest absolute Gasteiger partial charge is 0.114 e. The van der Waals surface area contributed by atoms with Crippen LogP contribution in [0, 0.1) is 11.8 Å². The summed E-state index contributed by atoms with van der Waals surface area (Å²) in [5, 5.41) is 0.955. The molecule has 0 aromatic carbocycles. The van der Waals surface area contributed by atoms with Crippen LogP contribution in [0.15, 0.2) is 22.8 Å². The van der Waals surface area contributed by atoms with Crippen molar-refractivity contribution in [2.45, 2.75) is 89.4 Å². The Bertz CT molecular complexity index is 410. The number of allylic oxidation sites excluding steroid dienone is 4. The van der Waals surface area contributed by atoms with Crippen LogP contribution in [0.3, 0.4) is 0 Å². The van der Waals surface area contributed by atoms with Gasteiger partial charge in [-0.25, -0.2) is 0 Å². The van der Waals surface area contributed by atoms with Crippen molar-refractivity contribution in [3.05, 3.63) is 22.8 Å². The Kier molecular flexibility index (Phi) is 7.35. The average Bonchev–Trinajstić information content (AvgIpc) is 2.94. The van der Waals surface area contributed by atoms with Crippen LogP contribution in [-0.2, 0) is 0 Å². The lowest BCUT2D eigenvalue weighted by Gasteiger charge is -2.33. The maximum Gasteiger partial charge on any atom is 0.0695 e. The first-order valence-electron chi connectivity index (χ1n) is 9.32. The predicted octanol–water partition coefficient (Wildman–Crippen LogP) is 7.60. The van der Waals surface area contributed by atoms with Gasteiger partial charge in [0.15, 0.2) is 0 Å². The Morgan fingerprint density at radius 1 is 1.14 bits per heavy atom. The zero-order valence-corrected chi connectivity index (χ0v) is 15.9. The van der Waals surface area contributed by atoms with Crippen molar-refractivity contribution in [1.82, 2.24) is 0 Å². The topological polar surface area (TPSA) is 0 Å². The van der Waals surface area contributed by atoms with Crippen LogP contribution >= 0.6 is 23.2 Å². The lowest BCUT2D eigenvalue weighted by Crippen LogP contribution is -2.30. The van der Waals surface area contributed by atoms with Gasteiger partial charge in [-0.15, -0.1) is 11.6 Å². The highest BCUT2D eigenvalue weighted by molar-refractivity contribution is 6.33. The molecule has 0 N–H and O–H groups in total. The third kappa shape index (κ3) is 5.03. The van der Waals surface area contributed by atoms with Gasteiger partial charge in [-0.05, 0) is 49.5 Å². The van der Waals surface area contributed by atoms with Crippen LogP contribution < -0.4 is 0 Å². The molecular formula is C20H32Cl2. The molecule has 2 rings (SSSR count). The molecule has 2 aliphatic rings. The summed E-state index contributed by atoms with van der Waals surface area (Å²) < 4.78 is 0. The molecular weight excluding hydrogens is 311 g/mol. The molecule has 0 aromatic rings. The number of rotatable bonds is 8. The maximum atomic E-state index is 7.01. The zero-order valence-electron chi connectivity index (χ0n) is 14.3. The molecule has 0 saturated heterocycles. The van der Waals surface area contributed by atoms with Gasteiger partial charge in [0.2, 0.25) is 0 Å². The van der Waals surface area contributed by atoms with E-state index in [4.69, 9.17) is 23.2 Å². The van der Waals surface area contributed by atoms with Crippen LogP contribution in [0.1, 0.15) is 84.5 Å². The first-order chi connectivity index (χ1) is 10.5. The van der Waals surface area contributed by atoms with Crippen LogP contribution in [0.5, 0.6) is 0 Å². The van der Waals surface area contributed by atoms with Gasteiger partial charge < -0.3 is 0 Å². The Hall–Kier alpha value is 0.0600. The molecule has 0 spiro atoms. The van der Waals surface area contributed by atoms with Gasteiger partial charge in [0.05, 0.1) is 4.87 Å². The van der Waals surface area contributed by atoms with E-state index in [0.29, 0.717) is 5.92 Å². The summed E-state index contributed by atoms with van der Waals surface area (Å²) in [5.74, 6) is 1.46. The van der Waals surface area contributed by atoms with E-state index in [1.807, 2.05) is 0 Å². The van der Waals surface area contributed by atoms with E-state index >= 15 is 0 Å². The molecule has 22 heavy (non-hydrogen) atoms. The second-order valence-electron chi connectivity index (χ2n) is 7.49. The minimum Gasteiger partial charge on any atom is -0.114 e. The van der Waals surface area contributed by atoms with Gasteiger partial charge in [-0.3, -0.25) is 0 Å². The molecule has 3 atom stereocenters. The van der Waals surface area contributed by atoms with Gasteiger partial charge in [-0.2, -0.15) is 0 Å². The lowest BCUT2D eigenvalue weighted by atomic mass is 9.81. The van der Waals surface area contributed by atoms with E-state index in [1.165, 1.54) is 63.4 Å². The van der Waals surface area contributed by atoms with Crippen molar-refractivity contribution in [3.63, 3.8) is 0 Å². The van der Waals surface area contributed by atoms with Crippen molar-refractivity contribution in [2.75, 3.05) is 0 Å². The van der Waals surface area contributed by atoms with Gasteiger partial charge in [0.25, 0.3) is 0 Å². The molecule has 0 amide bonds. The van der Waals surface area contributed by atoms with Gasteiger partial charge in [0, 0.05) is 5.03 Å². The minimum absolute atomic E-state index is 0.166. The molecule has 2 heteroatoms. The highest BCUT2D eigenvalue weighted by atomic mass is 35.5. The average molecular weight is 343 g/mol. The zero-order chi connectivity index (χ0) is 16.0. The molecule has 126 valence electrons. The first kappa shape index (κ1) is 18.4. The Morgan fingerprint density at radius 3 is 2.55 bits per heavy atom. The van der Waals surface area contributed by atoms with Crippen LogP contribution in [0.4, 0.5) is 0 Å². The monoisotopic (exact) mass is 342 g/mol. The minimum atomic E-state index is -0.166. The SMILES string of the molecule is CCCCCCCCC1=CC(Cl)(C2CCC(C)C2)CC=C1Cl. The van der Waals surface area contributed by atoms with E-state index in [-0.39, 0.29) is 4.87 Å². The molecule has 1 saturated carbocycles. The van der Waals surface area contributed by atoms with Crippen molar-refractivity contribution < 1.29 is 0 Å². The molecule has 0 bridgehead atoms. The third-order valence-corrected chi connectivity index (χ3v) is 6.46. The predicted molar refractivity (Wildman–Crippen MR) is 99.7 cm³/mol. The van der Waals surface area contributed by atoms with E-state index < -0.39 is 0 Å². The first-order valence-corrected chi connectivity index (χ1v) is 10.1. The maximum absolute atomic E-state index is 7.01. The van der Waals surface area contributed by atoms with E-state index in [0.717, 1.165) is 23.8 Å². The van der Waals surface area contributed by atoms with E-state index in [9.17, 15) is 0 Å². The highest BCUT2D eigenvalue weighted by Gasteiger charge is 2.39. The normalized spacial score (nSPS) is 32.0. The summed E-state index contributed by atoms with van der Waals surface area (Å²) in [6.45, 7) is 4.62.